The van der Waals surface area contributed by atoms with Crippen molar-refractivity contribution in [3.63, 3.8) is 0 Å². The molecule has 5 nitrogen and oxygen atoms in total. The number of aromatic nitrogens is 3. The van der Waals surface area contributed by atoms with E-state index in [0.29, 0.717) is 16.2 Å². The minimum absolute atomic E-state index is 0.122. The van der Waals surface area contributed by atoms with E-state index in [0.717, 1.165) is 30.6 Å². The van der Waals surface area contributed by atoms with Crippen molar-refractivity contribution in [2.75, 3.05) is 7.11 Å². The van der Waals surface area contributed by atoms with E-state index >= 15 is 0 Å². The Hall–Kier alpha value is -1.14. The summed E-state index contributed by atoms with van der Waals surface area (Å²) in [5, 5.41) is 0.412. The number of esters is 1. The van der Waals surface area contributed by atoms with E-state index in [1.165, 1.54) is 7.11 Å². The molecule has 2 heterocycles. The molecule has 0 N–H and O–H groups in total. The van der Waals surface area contributed by atoms with Gasteiger partial charge in [0.25, 0.3) is 0 Å². The number of rotatable bonds is 3. The van der Waals surface area contributed by atoms with E-state index in [9.17, 15) is 4.79 Å². The monoisotopic (exact) mass is 399 g/mol. The van der Waals surface area contributed by atoms with Crippen LogP contribution < -0.4 is 0 Å². The number of halogens is 2. The topological polar surface area (TPSA) is 56.5 Å². The van der Waals surface area contributed by atoms with Crippen LogP contribution in [0, 0.1) is 5.41 Å². The Morgan fingerprint density at radius 3 is 2.91 bits per heavy atom. The van der Waals surface area contributed by atoms with Crippen LogP contribution in [-0.2, 0) is 14.9 Å². The van der Waals surface area contributed by atoms with Crippen molar-refractivity contribution in [3.8, 4) is 0 Å². The molecule has 7 heteroatoms. The first-order valence-corrected chi connectivity index (χ1v) is 8.81. The van der Waals surface area contributed by atoms with Gasteiger partial charge in [-0.25, -0.2) is 9.97 Å². The molecule has 2 atom stereocenters. The van der Waals surface area contributed by atoms with Gasteiger partial charge in [-0.2, -0.15) is 0 Å². The second-order valence-corrected chi connectivity index (χ2v) is 7.63. The van der Waals surface area contributed by atoms with Crippen molar-refractivity contribution in [2.24, 2.45) is 5.41 Å². The predicted molar refractivity (Wildman–Crippen MR) is 91.6 cm³/mol. The number of hydrogen-bond acceptors (Lipinski definition) is 4. The lowest BCUT2D eigenvalue weighted by molar-refractivity contribution is -0.153. The summed E-state index contributed by atoms with van der Waals surface area (Å²) in [5.41, 5.74) is 0.111. The summed E-state index contributed by atoms with van der Waals surface area (Å²) < 4.78 is 7.72. The summed E-state index contributed by atoms with van der Waals surface area (Å²) in [6.45, 7) is 4.20. The fraction of sp³-hybridized carbons (Fsp3) is 0.562. The van der Waals surface area contributed by atoms with Gasteiger partial charge in [0.15, 0.2) is 5.15 Å². The maximum Gasteiger partial charge on any atom is 0.311 e. The molecule has 0 unspecified atom stereocenters. The largest absolute Gasteiger partial charge is 0.469 e. The van der Waals surface area contributed by atoms with Crippen LogP contribution in [0.1, 0.15) is 45.4 Å². The predicted octanol–water partition coefficient (Wildman–Crippen LogP) is 4.16. The fourth-order valence-corrected chi connectivity index (χ4v) is 4.75. The first-order chi connectivity index (χ1) is 10.9. The quantitative estimate of drug-likeness (QED) is 0.726. The van der Waals surface area contributed by atoms with Gasteiger partial charge < -0.3 is 4.74 Å². The molecular formula is C16H19BrClN3O2. The third kappa shape index (κ3) is 2.47. The van der Waals surface area contributed by atoms with Crippen molar-refractivity contribution >= 4 is 39.0 Å². The number of imidazole rings is 1. The molecule has 1 aliphatic rings. The van der Waals surface area contributed by atoms with Gasteiger partial charge in [0.05, 0.1) is 12.5 Å². The van der Waals surface area contributed by atoms with Crippen LogP contribution in [0.2, 0.25) is 5.15 Å². The molecule has 1 saturated carbocycles. The molecule has 0 aromatic carbocycles. The molecule has 3 rings (SSSR count). The summed E-state index contributed by atoms with van der Waals surface area (Å²) in [6, 6.07) is 0. The lowest BCUT2D eigenvalue weighted by atomic mass is 9.78. The molecule has 1 aliphatic carbocycles. The fourth-order valence-electron chi connectivity index (χ4n) is 3.85. The molecule has 2 aromatic heterocycles. The zero-order valence-electron chi connectivity index (χ0n) is 13.4. The van der Waals surface area contributed by atoms with Gasteiger partial charge in [0.1, 0.15) is 15.9 Å². The number of fused-ring (bicyclic) bond motifs is 1. The Morgan fingerprint density at radius 2 is 2.26 bits per heavy atom. The lowest BCUT2D eigenvalue weighted by Gasteiger charge is -2.28. The second kappa shape index (κ2) is 5.74. The number of hydrogen-bond donors (Lipinski definition) is 0. The molecule has 23 heavy (non-hydrogen) atoms. The Bertz CT molecular complexity index is 778. The zero-order valence-corrected chi connectivity index (χ0v) is 15.7. The Labute approximate surface area is 148 Å². The average molecular weight is 401 g/mol. The normalized spacial score (nSPS) is 27.5. The van der Waals surface area contributed by atoms with Gasteiger partial charge in [0, 0.05) is 17.8 Å². The standard InChI is InChI=1S/C16H19BrClN3O2/c1-4-16(14(22)23-3)6-5-15(2,9-16)13-20-11(17)10-12(18)19-7-8-21(10)13/h7-8H,4-6,9H2,1-3H3/t15-,16-/m1/s1. The van der Waals surface area contributed by atoms with Crippen LogP contribution in [0.25, 0.3) is 5.52 Å². The summed E-state index contributed by atoms with van der Waals surface area (Å²) in [5.74, 6) is 0.784. The van der Waals surface area contributed by atoms with Crippen LogP contribution >= 0.6 is 27.5 Å². The highest BCUT2D eigenvalue weighted by atomic mass is 79.9. The van der Waals surface area contributed by atoms with Crippen LogP contribution in [0.15, 0.2) is 17.0 Å². The van der Waals surface area contributed by atoms with E-state index in [1.807, 2.05) is 17.5 Å². The molecular weight excluding hydrogens is 382 g/mol. The van der Waals surface area contributed by atoms with Crippen molar-refractivity contribution in [1.29, 1.82) is 0 Å². The molecule has 0 aliphatic heterocycles. The molecule has 2 aromatic rings. The van der Waals surface area contributed by atoms with Crippen LogP contribution in [-0.4, -0.2) is 27.4 Å². The third-order valence-corrected chi connectivity index (χ3v) is 6.02. The van der Waals surface area contributed by atoms with E-state index in [2.05, 4.69) is 27.8 Å². The number of carbonyl (C=O) groups is 1. The Morgan fingerprint density at radius 1 is 1.52 bits per heavy atom. The summed E-state index contributed by atoms with van der Waals surface area (Å²) in [4.78, 5) is 21.1. The minimum Gasteiger partial charge on any atom is -0.469 e. The number of ether oxygens (including phenoxy) is 1. The molecule has 0 spiro atoms. The summed E-state index contributed by atoms with van der Waals surface area (Å²) in [7, 11) is 1.46. The van der Waals surface area contributed by atoms with Gasteiger partial charge in [-0.1, -0.05) is 25.4 Å². The first-order valence-electron chi connectivity index (χ1n) is 7.64. The van der Waals surface area contributed by atoms with E-state index < -0.39 is 5.41 Å². The molecule has 124 valence electrons. The number of nitrogens with zero attached hydrogens (tertiary/aromatic N) is 3. The molecule has 0 saturated heterocycles. The average Bonchev–Trinajstić information content (AvgIpc) is 3.07. The Kier molecular flexibility index (Phi) is 4.17. The molecule has 0 radical (unpaired) electrons. The van der Waals surface area contributed by atoms with Crippen molar-refractivity contribution in [3.05, 3.63) is 28.0 Å². The third-order valence-electron chi connectivity index (χ3n) is 5.19. The number of carbonyl (C=O) groups excluding carboxylic acids is 1. The Balaban J connectivity index is 2.09. The summed E-state index contributed by atoms with van der Waals surface area (Å²) >= 11 is 9.69. The highest BCUT2D eigenvalue weighted by Crippen LogP contribution is 2.53. The van der Waals surface area contributed by atoms with Crippen LogP contribution in [0.5, 0.6) is 0 Å². The van der Waals surface area contributed by atoms with Crippen molar-refractivity contribution < 1.29 is 9.53 Å². The highest BCUT2D eigenvalue weighted by molar-refractivity contribution is 9.10. The van der Waals surface area contributed by atoms with Gasteiger partial charge in [0.2, 0.25) is 0 Å². The second-order valence-electron chi connectivity index (χ2n) is 6.53. The van der Waals surface area contributed by atoms with Gasteiger partial charge in [-0.05, 0) is 41.6 Å². The van der Waals surface area contributed by atoms with E-state index in [1.54, 1.807) is 6.20 Å². The summed E-state index contributed by atoms with van der Waals surface area (Å²) in [6.07, 6.45) is 6.69. The number of methoxy groups -OCH3 is 1. The smallest absolute Gasteiger partial charge is 0.311 e. The molecule has 0 bridgehead atoms. The molecule has 0 amide bonds. The van der Waals surface area contributed by atoms with Crippen molar-refractivity contribution in [1.82, 2.24) is 14.4 Å². The first kappa shape index (κ1) is 16.7. The molecule has 1 fully saturated rings. The van der Waals surface area contributed by atoms with E-state index in [4.69, 9.17) is 21.3 Å². The lowest BCUT2D eigenvalue weighted by Crippen LogP contribution is -2.32. The maximum atomic E-state index is 12.3. The van der Waals surface area contributed by atoms with E-state index in [-0.39, 0.29) is 11.4 Å². The van der Waals surface area contributed by atoms with Gasteiger partial charge >= 0.3 is 5.97 Å². The highest BCUT2D eigenvalue weighted by Gasteiger charge is 2.52. The van der Waals surface area contributed by atoms with Crippen LogP contribution in [0.3, 0.4) is 0 Å². The van der Waals surface area contributed by atoms with Gasteiger partial charge in [-0.3, -0.25) is 9.20 Å². The zero-order chi connectivity index (χ0) is 16.8. The maximum absolute atomic E-state index is 12.3. The SMILES string of the molecule is CC[C@@]1(C(=O)OC)CC[C@@](C)(c2nc(Br)c3c(Cl)nccn23)C1. The van der Waals surface area contributed by atoms with Crippen LogP contribution in [0.4, 0.5) is 0 Å². The van der Waals surface area contributed by atoms with Crippen molar-refractivity contribution in [2.45, 2.75) is 44.9 Å². The van der Waals surface area contributed by atoms with Gasteiger partial charge in [-0.15, -0.1) is 0 Å². The minimum atomic E-state index is -0.432.